The summed E-state index contributed by atoms with van der Waals surface area (Å²) >= 11 is 0. The summed E-state index contributed by atoms with van der Waals surface area (Å²) in [6, 6.07) is 8.54. The molecule has 0 radical (unpaired) electrons. The third-order valence-corrected chi connectivity index (χ3v) is 3.65. The van der Waals surface area contributed by atoms with E-state index in [4.69, 9.17) is 4.74 Å². The van der Waals surface area contributed by atoms with Crippen LogP contribution in [0.2, 0.25) is 0 Å². The highest BCUT2D eigenvalue weighted by atomic mass is 16.5. The minimum atomic E-state index is 0.189. The average Bonchev–Trinajstić information content (AvgIpc) is 2.36. The van der Waals surface area contributed by atoms with Crippen molar-refractivity contribution < 1.29 is 4.74 Å². The predicted octanol–water partition coefficient (Wildman–Crippen LogP) is 4.63. The van der Waals surface area contributed by atoms with Gasteiger partial charge in [0, 0.05) is 6.54 Å². The summed E-state index contributed by atoms with van der Waals surface area (Å²) < 4.78 is 6.16. The summed E-state index contributed by atoms with van der Waals surface area (Å²) in [6.45, 7) is 17.5. The second-order valence-corrected chi connectivity index (χ2v) is 7.73. The fourth-order valence-electron chi connectivity index (χ4n) is 2.14. The molecule has 1 atom stereocenters. The van der Waals surface area contributed by atoms with Crippen LogP contribution in [-0.4, -0.2) is 19.2 Å². The summed E-state index contributed by atoms with van der Waals surface area (Å²) in [7, 11) is 0. The molecular weight excluding hydrogens is 258 g/mol. The molecule has 0 aromatic heterocycles. The lowest BCUT2D eigenvalue weighted by atomic mass is 9.87. The van der Waals surface area contributed by atoms with Crippen LogP contribution in [0.5, 0.6) is 5.75 Å². The van der Waals surface area contributed by atoms with Gasteiger partial charge in [-0.2, -0.15) is 0 Å². The lowest BCUT2D eigenvalue weighted by Crippen LogP contribution is -2.36. The molecule has 0 aliphatic heterocycles. The summed E-state index contributed by atoms with van der Waals surface area (Å²) in [4.78, 5) is 0. The van der Waals surface area contributed by atoms with E-state index in [2.05, 4.69) is 78.0 Å². The molecule has 21 heavy (non-hydrogen) atoms. The molecule has 0 saturated heterocycles. The molecule has 2 heteroatoms. The maximum atomic E-state index is 6.16. The Balaban J connectivity index is 2.62. The van der Waals surface area contributed by atoms with E-state index in [0.29, 0.717) is 11.8 Å². The minimum Gasteiger partial charge on any atom is -0.489 e. The van der Waals surface area contributed by atoms with E-state index in [1.807, 2.05) is 0 Å². The highest BCUT2D eigenvalue weighted by Gasteiger charge is 2.17. The smallest absolute Gasteiger partial charge is 0.119 e. The van der Waals surface area contributed by atoms with Crippen LogP contribution in [0.1, 0.15) is 54.0 Å². The van der Waals surface area contributed by atoms with Crippen LogP contribution >= 0.6 is 0 Å². The van der Waals surface area contributed by atoms with E-state index in [-0.39, 0.29) is 11.5 Å². The molecule has 1 aromatic rings. The van der Waals surface area contributed by atoms with Crippen molar-refractivity contribution in [1.82, 2.24) is 5.32 Å². The van der Waals surface area contributed by atoms with Gasteiger partial charge in [-0.25, -0.2) is 0 Å². The van der Waals surface area contributed by atoms with E-state index in [0.717, 1.165) is 18.8 Å². The van der Waals surface area contributed by atoms with Gasteiger partial charge in [-0.05, 0) is 41.5 Å². The van der Waals surface area contributed by atoms with Crippen molar-refractivity contribution in [2.75, 3.05) is 13.1 Å². The Hall–Kier alpha value is -1.02. The van der Waals surface area contributed by atoms with Crippen molar-refractivity contribution in [2.24, 2.45) is 11.8 Å². The van der Waals surface area contributed by atoms with Gasteiger partial charge >= 0.3 is 0 Å². The Morgan fingerprint density at radius 2 is 1.52 bits per heavy atom. The molecule has 0 spiro atoms. The van der Waals surface area contributed by atoms with Crippen LogP contribution in [-0.2, 0) is 5.41 Å². The lowest BCUT2D eigenvalue weighted by Gasteiger charge is -2.24. The summed E-state index contributed by atoms with van der Waals surface area (Å²) in [6.07, 6.45) is 0.212. The molecule has 0 aliphatic rings. The Morgan fingerprint density at radius 1 is 0.952 bits per heavy atom. The maximum absolute atomic E-state index is 6.16. The van der Waals surface area contributed by atoms with Gasteiger partial charge in [-0.1, -0.05) is 60.6 Å². The van der Waals surface area contributed by atoms with Gasteiger partial charge in [0.05, 0.1) is 0 Å². The monoisotopic (exact) mass is 291 g/mol. The lowest BCUT2D eigenvalue weighted by molar-refractivity contribution is 0.148. The first-order valence-electron chi connectivity index (χ1n) is 8.18. The zero-order chi connectivity index (χ0) is 16.0. The first-order chi connectivity index (χ1) is 9.70. The molecule has 0 heterocycles. The molecular formula is C19H33NO. The molecule has 0 bridgehead atoms. The maximum Gasteiger partial charge on any atom is 0.119 e. The van der Waals surface area contributed by atoms with Crippen molar-refractivity contribution in [2.45, 2.75) is 60.0 Å². The SMILES string of the molecule is CC(C)CNCC(Oc1ccc(C(C)(C)C)cc1)C(C)C. The average molecular weight is 291 g/mol. The van der Waals surface area contributed by atoms with Gasteiger partial charge < -0.3 is 10.1 Å². The van der Waals surface area contributed by atoms with Crippen LogP contribution < -0.4 is 10.1 Å². The number of benzene rings is 1. The molecule has 0 aliphatic carbocycles. The van der Waals surface area contributed by atoms with Crippen molar-refractivity contribution >= 4 is 0 Å². The van der Waals surface area contributed by atoms with Crippen LogP contribution in [0, 0.1) is 11.8 Å². The quantitative estimate of drug-likeness (QED) is 0.790. The topological polar surface area (TPSA) is 21.3 Å². The minimum absolute atomic E-state index is 0.189. The first-order valence-corrected chi connectivity index (χ1v) is 8.18. The Kier molecular flexibility index (Phi) is 6.73. The van der Waals surface area contributed by atoms with E-state index >= 15 is 0 Å². The van der Waals surface area contributed by atoms with E-state index < -0.39 is 0 Å². The molecule has 120 valence electrons. The van der Waals surface area contributed by atoms with Gasteiger partial charge in [0.1, 0.15) is 11.9 Å². The Labute approximate surface area is 131 Å². The van der Waals surface area contributed by atoms with Crippen LogP contribution in [0.3, 0.4) is 0 Å². The van der Waals surface area contributed by atoms with E-state index in [9.17, 15) is 0 Å². The second kappa shape index (κ2) is 7.84. The predicted molar refractivity (Wildman–Crippen MR) is 92.1 cm³/mol. The van der Waals surface area contributed by atoms with Crippen molar-refractivity contribution in [3.8, 4) is 5.75 Å². The number of hydrogen-bond donors (Lipinski definition) is 1. The molecule has 1 aromatic carbocycles. The van der Waals surface area contributed by atoms with Gasteiger partial charge in [-0.15, -0.1) is 0 Å². The number of ether oxygens (including phenoxy) is 1. The molecule has 0 saturated carbocycles. The largest absolute Gasteiger partial charge is 0.489 e. The molecule has 1 rings (SSSR count). The number of rotatable bonds is 7. The first kappa shape index (κ1) is 18.0. The summed E-state index contributed by atoms with van der Waals surface area (Å²) in [5, 5.41) is 3.50. The summed E-state index contributed by atoms with van der Waals surface area (Å²) in [5.74, 6) is 2.13. The fraction of sp³-hybridized carbons (Fsp3) is 0.684. The standard InChI is InChI=1S/C19H33NO/c1-14(2)12-20-13-18(15(3)4)21-17-10-8-16(9-11-17)19(5,6)7/h8-11,14-15,18,20H,12-13H2,1-7H3. The van der Waals surface area contributed by atoms with Crippen molar-refractivity contribution in [3.63, 3.8) is 0 Å². The third-order valence-electron chi connectivity index (χ3n) is 3.65. The zero-order valence-corrected chi connectivity index (χ0v) is 14.9. The van der Waals surface area contributed by atoms with Gasteiger partial charge in [0.2, 0.25) is 0 Å². The number of hydrogen-bond acceptors (Lipinski definition) is 2. The highest BCUT2D eigenvalue weighted by molar-refractivity contribution is 5.31. The van der Waals surface area contributed by atoms with Gasteiger partial charge in [-0.3, -0.25) is 0 Å². The molecule has 1 N–H and O–H groups in total. The van der Waals surface area contributed by atoms with Crippen molar-refractivity contribution in [1.29, 1.82) is 0 Å². The highest BCUT2D eigenvalue weighted by Crippen LogP contribution is 2.25. The van der Waals surface area contributed by atoms with Gasteiger partial charge in [0.15, 0.2) is 0 Å². The second-order valence-electron chi connectivity index (χ2n) is 7.73. The molecule has 0 amide bonds. The fourth-order valence-corrected chi connectivity index (χ4v) is 2.14. The third kappa shape index (κ3) is 6.52. The van der Waals surface area contributed by atoms with Crippen LogP contribution in [0.15, 0.2) is 24.3 Å². The van der Waals surface area contributed by atoms with E-state index in [1.165, 1.54) is 5.56 Å². The van der Waals surface area contributed by atoms with E-state index in [1.54, 1.807) is 0 Å². The zero-order valence-electron chi connectivity index (χ0n) is 14.9. The van der Waals surface area contributed by atoms with Gasteiger partial charge in [0.25, 0.3) is 0 Å². The van der Waals surface area contributed by atoms with Crippen molar-refractivity contribution in [3.05, 3.63) is 29.8 Å². The van der Waals surface area contributed by atoms with Crippen LogP contribution in [0.25, 0.3) is 0 Å². The molecule has 1 unspecified atom stereocenters. The molecule has 0 fully saturated rings. The Bertz CT molecular complexity index is 401. The number of nitrogens with one attached hydrogen (secondary N) is 1. The Morgan fingerprint density at radius 3 is 1.95 bits per heavy atom. The van der Waals surface area contributed by atoms with Crippen LogP contribution in [0.4, 0.5) is 0 Å². The molecule has 2 nitrogen and oxygen atoms in total. The summed E-state index contributed by atoms with van der Waals surface area (Å²) in [5.41, 5.74) is 1.53. The normalized spacial score (nSPS) is 13.8.